The van der Waals surface area contributed by atoms with Crippen LogP contribution in [0.15, 0.2) is 23.0 Å². The van der Waals surface area contributed by atoms with E-state index in [0.717, 1.165) is 24.8 Å². The molecule has 0 bridgehead atoms. The summed E-state index contributed by atoms with van der Waals surface area (Å²) >= 11 is 0. The van der Waals surface area contributed by atoms with E-state index in [4.69, 9.17) is 9.15 Å². The van der Waals surface area contributed by atoms with Gasteiger partial charge in [0, 0.05) is 5.56 Å². The molecule has 2 heterocycles. The number of ether oxygens (including phenoxy) is 1. The van der Waals surface area contributed by atoms with Crippen molar-refractivity contribution in [2.75, 3.05) is 0 Å². The molecule has 2 aliphatic rings. The lowest BCUT2D eigenvalue weighted by molar-refractivity contribution is -0.174. The zero-order valence-corrected chi connectivity index (χ0v) is 11.0. The zero-order valence-electron chi connectivity index (χ0n) is 11.0. The first-order chi connectivity index (χ1) is 8.58. The number of furan rings is 1. The normalized spacial score (nSPS) is 34.8. The Morgan fingerprint density at radius 3 is 2.94 bits per heavy atom. The van der Waals surface area contributed by atoms with Crippen LogP contribution >= 0.6 is 0 Å². The number of carbonyl (C=O) groups excluding carboxylic acids is 1. The topological polar surface area (TPSA) is 39.4 Å². The van der Waals surface area contributed by atoms with Crippen molar-refractivity contribution in [2.45, 2.75) is 45.6 Å². The van der Waals surface area contributed by atoms with Crippen LogP contribution in [0.1, 0.15) is 51.2 Å². The Labute approximate surface area is 108 Å². The predicted octanol–water partition coefficient (Wildman–Crippen LogP) is 3.71. The average molecular weight is 248 g/mol. The number of cyclic esters (lactones) is 1. The first-order valence-corrected chi connectivity index (χ1v) is 6.80. The summed E-state index contributed by atoms with van der Waals surface area (Å²) in [4.78, 5) is 12.2. The van der Waals surface area contributed by atoms with E-state index in [-0.39, 0.29) is 23.4 Å². The van der Waals surface area contributed by atoms with E-state index >= 15 is 0 Å². The first-order valence-electron chi connectivity index (χ1n) is 6.80. The van der Waals surface area contributed by atoms with Crippen molar-refractivity contribution in [3.8, 4) is 0 Å². The molecule has 0 unspecified atom stereocenters. The molecule has 0 N–H and O–H groups in total. The Hall–Kier alpha value is -1.25. The van der Waals surface area contributed by atoms with Gasteiger partial charge in [-0.25, -0.2) is 0 Å². The molecule has 3 heteroatoms. The molecule has 3 nitrogen and oxygen atoms in total. The van der Waals surface area contributed by atoms with Crippen LogP contribution in [-0.2, 0) is 9.53 Å². The molecule has 2 fully saturated rings. The second-order valence-electron chi connectivity index (χ2n) is 6.31. The molecule has 1 saturated heterocycles. The lowest BCUT2D eigenvalue weighted by atomic mass is 9.61. The van der Waals surface area contributed by atoms with Crippen molar-refractivity contribution >= 4 is 5.97 Å². The van der Waals surface area contributed by atoms with Gasteiger partial charge >= 0.3 is 5.97 Å². The van der Waals surface area contributed by atoms with Crippen LogP contribution in [0.25, 0.3) is 0 Å². The number of hydrogen-bond donors (Lipinski definition) is 0. The predicted molar refractivity (Wildman–Crippen MR) is 66.8 cm³/mol. The molecule has 1 aromatic heterocycles. The molecular formula is C15H20O3. The largest absolute Gasteiger partial charge is 0.472 e. The van der Waals surface area contributed by atoms with Crippen LogP contribution in [0, 0.1) is 17.3 Å². The average Bonchev–Trinajstić information content (AvgIpc) is 2.83. The second-order valence-corrected chi connectivity index (χ2v) is 6.31. The van der Waals surface area contributed by atoms with Crippen molar-refractivity contribution in [1.29, 1.82) is 0 Å². The number of rotatable bonds is 1. The quantitative estimate of drug-likeness (QED) is 0.711. The van der Waals surface area contributed by atoms with Crippen molar-refractivity contribution in [2.24, 2.45) is 17.3 Å². The van der Waals surface area contributed by atoms with E-state index < -0.39 is 0 Å². The summed E-state index contributed by atoms with van der Waals surface area (Å²) in [7, 11) is 0. The fourth-order valence-corrected chi connectivity index (χ4v) is 3.64. The van der Waals surface area contributed by atoms with Gasteiger partial charge in [0.05, 0.1) is 18.4 Å². The van der Waals surface area contributed by atoms with Gasteiger partial charge in [-0.1, -0.05) is 20.3 Å². The lowest BCUT2D eigenvalue weighted by Crippen LogP contribution is -2.44. The molecule has 18 heavy (non-hydrogen) atoms. The summed E-state index contributed by atoms with van der Waals surface area (Å²) in [5.41, 5.74) is 1.23. The van der Waals surface area contributed by atoms with Gasteiger partial charge in [-0.2, -0.15) is 0 Å². The van der Waals surface area contributed by atoms with E-state index in [0.29, 0.717) is 5.92 Å². The van der Waals surface area contributed by atoms with Crippen LogP contribution < -0.4 is 0 Å². The summed E-state index contributed by atoms with van der Waals surface area (Å²) in [6.45, 7) is 4.57. The molecule has 0 radical (unpaired) electrons. The Kier molecular flexibility index (Phi) is 2.72. The van der Waals surface area contributed by atoms with Crippen LogP contribution in [0.2, 0.25) is 0 Å². The molecule has 98 valence electrons. The van der Waals surface area contributed by atoms with Gasteiger partial charge in [0.15, 0.2) is 0 Å². The highest BCUT2D eigenvalue weighted by Gasteiger charge is 2.48. The zero-order chi connectivity index (χ0) is 12.8. The van der Waals surface area contributed by atoms with Gasteiger partial charge in [0.2, 0.25) is 0 Å². The molecule has 1 aliphatic carbocycles. The van der Waals surface area contributed by atoms with Gasteiger partial charge < -0.3 is 9.15 Å². The highest BCUT2D eigenvalue weighted by atomic mass is 16.5. The third kappa shape index (κ3) is 1.86. The van der Waals surface area contributed by atoms with E-state index in [1.54, 1.807) is 12.5 Å². The molecule has 1 aromatic rings. The Morgan fingerprint density at radius 1 is 1.39 bits per heavy atom. The summed E-state index contributed by atoms with van der Waals surface area (Å²) in [6.07, 6.45) is 7.48. The van der Waals surface area contributed by atoms with Crippen LogP contribution in [0.5, 0.6) is 0 Å². The molecule has 3 rings (SSSR count). The third-order valence-electron chi connectivity index (χ3n) is 4.77. The summed E-state index contributed by atoms with van der Waals surface area (Å²) in [5.74, 6) is 0.537. The molecule has 0 aromatic carbocycles. The van der Waals surface area contributed by atoms with Gasteiger partial charge in [-0.15, -0.1) is 0 Å². The number of esters is 1. The molecular weight excluding hydrogens is 228 g/mol. The number of fused-ring (bicyclic) bond motifs is 1. The molecule has 1 saturated carbocycles. The molecule has 0 spiro atoms. The van der Waals surface area contributed by atoms with Crippen molar-refractivity contribution in [1.82, 2.24) is 0 Å². The standard InChI is InChI=1S/C15H20O3/c1-15(2)6-3-4-11-12(15)8-13(18-14(11)16)10-5-7-17-9-10/h5,7,9,11-13H,3-4,6,8H2,1-2H3/t11-,12-,13-/m0/s1. The van der Waals surface area contributed by atoms with Crippen molar-refractivity contribution in [3.05, 3.63) is 24.2 Å². The number of hydrogen-bond acceptors (Lipinski definition) is 3. The molecule has 1 aliphatic heterocycles. The smallest absolute Gasteiger partial charge is 0.309 e. The van der Waals surface area contributed by atoms with Gasteiger partial charge in [0.25, 0.3) is 0 Å². The highest BCUT2D eigenvalue weighted by molar-refractivity contribution is 5.74. The van der Waals surface area contributed by atoms with E-state index in [2.05, 4.69) is 13.8 Å². The monoisotopic (exact) mass is 248 g/mol. The fraction of sp³-hybridized carbons (Fsp3) is 0.667. The number of carbonyl (C=O) groups is 1. The first kappa shape index (κ1) is 11.8. The minimum atomic E-state index is -0.116. The SMILES string of the molecule is CC1(C)CCC[C@@H]2C(=O)O[C@H](c3ccoc3)C[C@@H]21. The van der Waals surface area contributed by atoms with Crippen molar-refractivity contribution < 1.29 is 13.9 Å². The lowest BCUT2D eigenvalue weighted by Gasteiger charge is -2.47. The van der Waals surface area contributed by atoms with E-state index in [1.165, 1.54) is 6.42 Å². The van der Waals surface area contributed by atoms with Crippen molar-refractivity contribution in [3.63, 3.8) is 0 Å². The van der Waals surface area contributed by atoms with Gasteiger partial charge in [-0.3, -0.25) is 4.79 Å². The fourth-order valence-electron chi connectivity index (χ4n) is 3.64. The Balaban J connectivity index is 1.86. The highest BCUT2D eigenvalue weighted by Crippen LogP contribution is 2.51. The van der Waals surface area contributed by atoms with Gasteiger partial charge in [0.1, 0.15) is 6.10 Å². The maximum absolute atomic E-state index is 12.2. The maximum atomic E-state index is 12.2. The molecule has 3 atom stereocenters. The summed E-state index contributed by atoms with van der Waals surface area (Å²) in [6, 6.07) is 1.90. The van der Waals surface area contributed by atoms with Crippen LogP contribution in [0.3, 0.4) is 0 Å². The minimum absolute atomic E-state index is 0.00905. The third-order valence-corrected chi connectivity index (χ3v) is 4.77. The van der Waals surface area contributed by atoms with Crippen LogP contribution in [-0.4, -0.2) is 5.97 Å². The van der Waals surface area contributed by atoms with Gasteiger partial charge in [-0.05, 0) is 36.7 Å². The summed E-state index contributed by atoms with van der Waals surface area (Å²) in [5, 5.41) is 0. The molecule has 0 amide bonds. The van der Waals surface area contributed by atoms with E-state index in [1.807, 2.05) is 6.07 Å². The second kappa shape index (κ2) is 4.15. The minimum Gasteiger partial charge on any atom is -0.472 e. The Bertz CT molecular complexity index is 433. The summed E-state index contributed by atoms with van der Waals surface area (Å²) < 4.78 is 10.7. The maximum Gasteiger partial charge on any atom is 0.309 e. The Morgan fingerprint density at radius 2 is 2.22 bits per heavy atom. The van der Waals surface area contributed by atoms with Crippen LogP contribution in [0.4, 0.5) is 0 Å². The van der Waals surface area contributed by atoms with E-state index in [9.17, 15) is 4.79 Å².